The lowest BCUT2D eigenvalue weighted by Crippen LogP contribution is -2.47. The Morgan fingerprint density at radius 2 is 1.87 bits per heavy atom. The molecule has 0 spiro atoms. The standard InChI is InChI=1S/C24H27N3O3S/c1-5-16-10-12-17(13-11-16)22(28)25-19-9-7-8-18(14-19)21-20(23(29)30-4)15(3)27(6-2)24(31)26-21/h7-14,21H,5-6H2,1-4H3,(H,25,28)(H,26,31)/t21-/m1/s1. The first-order chi connectivity index (χ1) is 14.9. The number of nitrogens with one attached hydrogen (secondary N) is 2. The van der Waals surface area contributed by atoms with Gasteiger partial charge in [0.15, 0.2) is 5.11 Å². The highest BCUT2D eigenvalue weighted by molar-refractivity contribution is 7.80. The Kier molecular flexibility index (Phi) is 7.07. The molecular weight excluding hydrogens is 410 g/mol. The maximum absolute atomic E-state index is 12.7. The lowest BCUT2D eigenvalue weighted by Gasteiger charge is -2.37. The molecule has 0 saturated carbocycles. The van der Waals surface area contributed by atoms with Gasteiger partial charge in [0.1, 0.15) is 0 Å². The van der Waals surface area contributed by atoms with Gasteiger partial charge >= 0.3 is 5.97 Å². The second-order valence-electron chi connectivity index (χ2n) is 7.25. The van der Waals surface area contributed by atoms with E-state index in [9.17, 15) is 9.59 Å². The third kappa shape index (κ3) is 4.77. The zero-order valence-electron chi connectivity index (χ0n) is 18.2. The van der Waals surface area contributed by atoms with Gasteiger partial charge in [-0.25, -0.2) is 4.79 Å². The van der Waals surface area contributed by atoms with Crippen LogP contribution >= 0.6 is 12.2 Å². The summed E-state index contributed by atoms with van der Waals surface area (Å²) in [5.74, 6) is -0.606. The van der Waals surface area contributed by atoms with Gasteiger partial charge in [-0.3, -0.25) is 4.79 Å². The second kappa shape index (κ2) is 9.75. The van der Waals surface area contributed by atoms with Crippen LogP contribution in [0, 0.1) is 0 Å². The van der Waals surface area contributed by atoms with Crippen LogP contribution in [0.2, 0.25) is 0 Å². The van der Waals surface area contributed by atoms with Crippen molar-refractivity contribution in [1.82, 2.24) is 10.2 Å². The first-order valence-corrected chi connectivity index (χ1v) is 10.7. The highest BCUT2D eigenvalue weighted by atomic mass is 32.1. The van der Waals surface area contributed by atoms with E-state index in [-0.39, 0.29) is 5.91 Å². The molecular formula is C24H27N3O3S. The minimum Gasteiger partial charge on any atom is -0.466 e. The van der Waals surface area contributed by atoms with Gasteiger partial charge in [-0.2, -0.15) is 0 Å². The fourth-order valence-corrected chi connectivity index (χ4v) is 4.06. The van der Waals surface area contributed by atoms with Crippen molar-refractivity contribution in [1.29, 1.82) is 0 Å². The van der Waals surface area contributed by atoms with E-state index in [1.165, 1.54) is 12.7 Å². The van der Waals surface area contributed by atoms with Crippen molar-refractivity contribution in [2.24, 2.45) is 0 Å². The van der Waals surface area contributed by atoms with Crippen LogP contribution < -0.4 is 10.6 Å². The number of hydrogen-bond acceptors (Lipinski definition) is 4. The molecule has 3 rings (SSSR count). The Balaban J connectivity index is 1.90. The molecule has 0 bridgehead atoms. The number of methoxy groups -OCH3 is 1. The Labute approximate surface area is 188 Å². The quantitative estimate of drug-likeness (QED) is 0.521. The number of aryl methyl sites for hydroxylation is 1. The molecule has 0 radical (unpaired) electrons. The molecule has 1 amide bonds. The second-order valence-corrected chi connectivity index (χ2v) is 7.63. The van der Waals surface area contributed by atoms with Crippen molar-refractivity contribution >= 4 is 34.9 Å². The zero-order chi connectivity index (χ0) is 22.5. The normalized spacial score (nSPS) is 16.1. The number of amides is 1. The monoisotopic (exact) mass is 437 g/mol. The van der Waals surface area contributed by atoms with Crippen LogP contribution in [0.15, 0.2) is 59.8 Å². The minimum absolute atomic E-state index is 0.191. The van der Waals surface area contributed by atoms with E-state index in [4.69, 9.17) is 17.0 Å². The number of esters is 1. The van der Waals surface area contributed by atoms with Crippen LogP contribution in [0.3, 0.4) is 0 Å². The molecule has 7 heteroatoms. The smallest absolute Gasteiger partial charge is 0.337 e. The van der Waals surface area contributed by atoms with Crippen LogP contribution in [-0.2, 0) is 16.0 Å². The van der Waals surface area contributed by atoms with Gasteiger partial charge in [-0.05, 0) is 67.9 Å². The maximum atomic E-state index is 12.7. The predicted octanol–water partition coefficient (Wildman–Crippen LogP) is 4.20. The summed E-state index contributed by atoms with van der Waals surface area (Å²) in [4.78, 5) is 27.1. The molecule has 1 aliphatic rings. The van der Waals surface area contributed by atoms with Gasteiger partial charge in [0.05, 0.1) is 18.7 Å². The first kappa shape index (κ1) is 22.5. The summed E-state index contributed by atoms with van der Waals surface area (Å²) in [5, 5.41) is 6.72. The van der Waals surface area contributed by atoms with Gasteiger partial charge in [-0.15, -0.1) is 0 Å². The van der Waals surface area contributed by atoms with Crippen molar-refractivity contribution in [2.45, 2.75) is 33.2 Å². The molecule has 2 aromatic carbocycles. The van der Waals surface area contributed by atoms with Gasteiger partial charge < -0.3 is 20.3 Å². The van der Waals surface area contributed by atoms with Crippen molar-refractivity contribution < 1.29 is 14.3 Å². The molecule has 0 saturated heterocycles. The van der Waals surface area contributed by atoms with Gasteiger partial charge in [0.2, 0.25) is 0 Å². The maximum Gasteiger partial charge on any atom is 0.337 e. The van der Waals surface area contributed by atoms with Crippen molar-refractivity contribution in [3.05, 3.63) is 76.5 Å². The Hall–Kier alpha value is -3.19. The van der Waals surface area contributed by atoms with Crippen molar-refractivity contribution in [2.75, 3.05) is 19.0 Å². The molecule has 1 aliphatic heterocycles. The highest BCUT2D eigenvalue weighted by Crippen LogP contribution is 2.32. The number of benzene rings is 2. The molecule has 0 aromatic heterocycles. The van der Waals surface area contributed by atoms with E-state index >= 15 is 0 Å². The Morgan fingerprint density at radius 3 is 2.48 bits per heavy atom. The number of anilines is 1. The molecule has 162 valence electrons. The van der Waals surface area contributed by atoms with E-state index in [1.807, 2.05) is 67.3 Å². The van der Waals surface area contributed by atoms with Crippen LogP contribution in [0.1, 0.15) is 48.3 Å². The molecule has 0 aliphatic carbocycles. The molecule has 0 unspecified atom stereocenters. The lowest BCUT2D eigenvalue weighted by molar-refractivity contribution is -0.136. The summed E-state index contributed by atoms with van der Waals surface area (Å²) in [6.07, 6.45) is 0.922. The van der Waals surface area contributed by atoms with E-state index < -0.39 is 12.0 Å². The predicted molar refractivity (Wildman–Crippen MR) is 126 cm³/mol. The average molecular weight is 438 g/mol. The molecule has 1 heterocycles. The third-order valence-electron chi connectivity index (χ3n) is 5.42. The molecule has 2 N–H and O–H groups in total. The number of thiocarbonyl (C=S) groups is 1. The summed E-state index contributed by atoms with van der Waals surface area (Å²) in [6, 6.07) is 14.5. The number of rotatable bonds is 6. The van der Waals surface area contributed by atoms with E-state index in [0.29, 0.717) is 28.5 Å². The van der Waals surface area contributed by atoms with Crippen molar-refractivity contribution in [3.8, 4) is 0 Å². The number of carbonyl (C=O) groups excluding carboxylic acids is 2. The number of ether oxygens (including phenoxy) is 1. The molecule has 31 heavy (non-hydrogen) atoms. The zero-order valence-corrected chi connectivity index (χ0v) is 19.0. The van der Waals surface area contributed by atoms with Crippen molar-refractivity contribution in [3.63, 3.8) is 0 Å². The summed E-state index contributed by atoms with van der Waals surface area (Å²) in [6.45, 7) is 6.54. The Morgan fingerprint density at radius 1 is 1.16 bits per heavy atom. The fourth-order valence-electron chi connectivity index (χ4n) is 3.68. The third-order valence-corrected chi connectivity index (χ3v) is 5.76. The number of carbonyl (C=O) groups is 2. The number of hydrogen-bond donors (Lipinski definition) is 2. The molecule has 6 nitrogen and oxygen atoms in total. The van der Waals surface area contributed by atoms with Crippen LogP contribution in [-0.4, -0.2) is 35.5 Å². The highest BCUT2D eigenvalue weighted by Gasteiger charge is 2.34. The van der Waals surface area contributed by atoms with Crippen LogP contribution in [0.4, 0.5) is 5.69 Å². The average Bonchev–Trinajstić information content (AvgIpc) is 2.78. The molecule has 2 aromatic rings. The van der Waals surface area contributed by atoms with Gasteiger partial charge in [0, 0.05) is 23.5 Å². The van der Waals surface area contributed by atoms with Gasteiger partial charge in [-0.1, -0.05) is 31.2 Å². The summed E-state index contributed by atoms with van der Waals surface area (Å²) >= 11 is 5.50. The van der Waals surface area contributed by atoms with E-state index in [2.05, 4.69) is 17.6 Å². The summed E-state index contributed by atoms with van der Waals surface area (Å²) in [5.41, 5.74) is 4.46. The summed E-state index contributed by atoms with van der Waals surface area (Å²) in [7, 11) is 1.36. The number of allylic oxidation sites excluding steroid dienone is 1. The molecule has 0 fully saturated rings. The first-order valence-electron chi connectivity index (χ1n) is 10.3. The minimum atomic E-state index is -0.469. The van der Waals surface area contributed by atoms with Gasteiger partial charge in [0.25, 0.3) is 5.91 Å². The van der Waals surface area contributed by atoms with Crippen LogP contribution in [0.5, 0.6) is 0 Å². The molecule has 1 atom stereocenters. The van der Waals surface area contributed by atoms with E-state index in [1.54, 1.807) is 0 Å². The fraction of sp³-hybridized carbons (Fsp3) is 0.292. The van der Waals surface area contributed by atoms with E-state index in [0.717, 1.165) is 17.7 Å². The van der Waals surface area contributed by atoms with Crippen LogP contribution in [0.25, 0.3) is 0 Å². The largest absolute Gasteiger partial charge is 0.466 e. The summed E-state index contributed by atoms with van der Waals surface area (Å²) < 4.78 is 5.03. The Bertz CT molecular complexity index is 1030. The topological polar surface area (TPSA) is 70.7 Å². The lowest BCUT2D eigenvalue weighted by atomic mass is 9.94. The number of nitrogens with zero attached hydrogens (tertiary/aromatic N) is 1. The SMILES string of the molecule is CCc1ccc(C(=O)Nc2cccc([C@H]3NC(=S)N(CC)C(C)=C3C(=O)OC)c2)cc1.